The summed E-state index contributed by atoms with van der Waals surface area (Å²) < 4.78 is 12.4. The maximum Gasteiger partial charge on any atom is 0.282 e. The molecule has 0 aliphatic carbocycles. The van der Waals surface area contributed by atoms with Gasteiger partial charge in [0.1, 0.15) is 5.75 Å². The molecule has 0 atom stereocenters. The number of para-hydroxylation sites is 1. The summed E-state index contributed by atoms with van der Waals surface area (Å²) in [6, 6.07) is 14.6. The third-order valence-electron chi connectivity index (χ3n) is 5.82. The second-order valence-electron chi connectivity index (χ2n) is 8.62. The van der Waals surface area contributed by atoms with Crippen LogP contribution in [0.5, 0.6) is 11.5 Å². The number of benzene rings is 3. The molecule has 0 unspecified atom stereocenters. The van der Waals surface area contributed by atoms with Crippen LogP contribution in [0, 0.1) is 6.92 Å². The van der Waals surface area contributed by atoms with Gasteiger partial charge < -0.3 is 9.47 Å². The zero-order valence-corrected chi connectivity index (χ0v) is 22.3. The first-order valence-corrected chi connectivity index (χ1v) is 12.4. The van der Waals surface area contributed by atoms with E-state index in [2.05, 4.69) is 18.9 Å². The van der Waals surface area contributed by atoms with E-state index in [1.165, 1.54) is 10.9 Å². The van der Waals surface area contributed by atoms with Crippen LogP contribution in [0.1, 0.15) is 43.4 Å². The van der Waals surface area contributed by atoms with Crippen molar-refractivity contribution in [1.82, 2.24) is 9.66 Å². The SMILES string of the molecule is CCOc1c(Cl)cc(C=Nn2c(-c3cc(C(C)C)c(OC)cc3C)nc3ccccc3c2=O)cc1Cl. The molecule has 0 aliphatic heterocycles. The molecule has 0 fully saturated rings. The van der Waals surface area contributed by atoms with E-state index < -0.39 is 0 Å². The average Bonchev–Trinajstić information content (AvgIpc) is 2.85. The molecule has 1 aromatic heterocycles. The topological polar surface area (TPSA) is 65.7 Å². The number of hydrogen-bond donors (Lipinski definition) is 0. The lowest BCUT2D eigenvalue weighted by Crippen LogP contribution is -2.20. The molecule has 4 aromatic rings. The van der Waals surface area contributed by atoms with Crippen LogP contribution in [0.4, 0.5) is 0 Å². The third-order valence-corrected chi connectivity index (χ3v) is 6.39. The summed E-state index contributed by atoms with van der Waals surface area (Å²) >= 11 is 12.7. The highest BCUT2D eigenvalue weighted by molar-refractivity contribution is 6.37. The maximum atomic E-state index is 13.6. The van der Waals surface area contributed by atoms with Crippen LogP contribution in [-0.2, 0) is 0 Å². The molecular formula is C28H27Cl2N3O3. The Morgan fingerprint density at radius 3 is 2.44 bits per heavy atom. The second-order valence-corrected chi connectivity index (χ2v) is 9.44. The van der Waals surface area contributed by atoms with E-state index in [4.69, 9.17) is 37.7 Å². The molecule has 0 amide bonds. The number of methoxy groups -OCH3 is 1. The molecule has 3 aromatic carbocycles. The lowest BCUT2D eigenvalue weighted by Gasteiger charge is -2.17. The highest BCUT2D eigenvalue weighted by atomic mass is 35.5. The Morgan fingerprint density at radius 2 is 1.81 bits per heavy atom. The van der Waals surface area contributed by atoms with Crippen LogP contribution >= 0.6 is 23.2 Å². The Bertz CT molecular complexity index is 1500. The molecule has 1 heterocycles. The molecule has 186 valence electrons. The van der Waals surface area contributed by atoms with Crippen molar-refractivity contribution in [2.24, 2.45) is 5.10 Å². The molecule has 6 nitrogen and oxygen atoms in total. The molecular weight excluding hydrogens is 497 g/mol. The van der Waals surface area contributed by atoms with Gasteiger partial charge in [-0.15, -0.1) is 0 Å². The smallest absolute Gasteiger partial charge is 0.282 e. The van der Waals surface area contributed by atoms with Crippen molar-refractivity contribution in [2.45, 2.75) is 33.6 Å². The van der Waals surface area contributed by atoms with E-state index >= 15 is 0 Å². The third kappa shape index (κ3) is 4.97. The van der Waals surface area contributed by atoms with Crippen molar-refractivity contribution in [3.63, 3.8) is 0 Å². The minimum atomic E-state index is -0.281. The predicted molar refractivity (Wildman–Crippen MR) is 147 cm³/mol. The predicted octanol–water partition coefficient (Wildman–Crippen LogP) is 7.09. The molecule has 0 aliphatic rings. The number of aromatic nitrogens is 2. The van der Waals surface area contributed by atoms with Gasteiger partial charge in [-0.25, -0.2) is 4.98 Å². The second kappa shape index (κ2) is 10.7. The van der Waals surface area contributed by atoms with Crippen molar-refractivity contribution in [2.75, 3.05) is 13.7 Å². The Hall–Kier alpha value is -3.35. The number of aryl methyl sites for hydroxylation is 1. The largest absolute Gasteiger partial charge is 0.496 e. The summed E-state index contributed by atoms with van der Waals surface area (Å²) in [4.78, 5) is 18.4. The summed E-state index contributed by atoms with van der Waals surface area (Å²) in [5, 5.41) is 5.74. The van der Waals surface area contributed by atoms with Crippen LogP contribution < -0.4 is 15.0 Å². The monoisotopic (exact) mass is 523 g/mol. The van der Waals surface area contributed by atoms with E-state index in [1.54, 1.807) is 31.4 Å². The number of nitrogens with zero attached hydrogens (tertiary/aromatic N) is 3. The van der Waals surface area contributed by atoms with Gasteiger partial charge in [0.2, 0.25) is 0 Å². The fraction of sp³-hybridized carbons (Fsp3) is 0.250. The summed E-state index contributed by atoms with van der Waals surface area (Å²) in [6.45, 7) is 8.44. The van der Waals surface area contributed by atoms with Gasteiger partial charge in [-0.1, -0.05) is 49.2 Å². The molecule has 0 bridgehead atoms. The quantitative estimate of drug-likeness (QED) is 0.242. The molecule has 0 spiro atoms. The van der Waals surface area contributed by atoms with E-state index in [9.17, 15) is 4.79 Å². The molecule has 36 heavy (non-hydrogen) atoms. The van der Waals surface area contributed by atoms with E-state index in [0.29, 0.717) is 44.7 Å². The Balaban J connectivity index is 1.94. The number of halogens is 2. The summed E-state index contributed by atoms with van der Waals surface area (Å²) in [6.07, 6.45) is 1.54. The van der Waals surface area contributed by atoms with Crippen molar-refractivity contribution in [3.05, 3.63) is 85.6 Å². The number of ether oxygens (including phenoxy) is 2. The first-order chi connectivity index (χ1) is 17.2. The number of fused-ring (bicyclic) bond motifs is 1. The van der Waals surface area contributed by atoms with Crippen molar-refractivity contribution >= 4 is 40.3 Å². The van der Waals surface area contributed by atoms with Gasteiger partial charge in [-0.3, -0.25) is 4.79 Å². The van der Waals surface area contributed by atoms with Crippen LogP contribution in [0.3, 0.4) is 0 Å². The summed E-state index contributed by atoms with van der Waals surface area (Å²) in [5.41, 5.74) is 3.65. The summed E-state index contributed by atoms with van der Waals surface area (Å²) in [7, 11) is 1.65. The normalized spacial score (nSPS) is 11.6. The molecule has 4 rings (SSSR count). The van der Waals surface area contributed by atoms with Gasteiger partial charge >= 0.3 is 0 Å². The van der Waals surface area contributed by atoms with Crippen LogP contribution in [0.15, 0.2) is 58.4 Å². The van der Waals surface area contributed by atoms with Crippen LogP contribution in [-0.4, -0.2) is 29.6 Å². The van der Waals surface area contributed by atoms with Gasteiger partial charge in [-0.2, -0.15) is 9.78 Å². The molecule has 0 N–H and O–H groups in total. The lowest BCUT2D eigenvalue weighted by molar-refractivity contribution is 0.340. The van der Waals surface area contributed by atoms with Gasteiger partial charge in [0.15, 0.2) is 11.6 Å². The fourth-order valence-corrected chi connectivity index (χ4v) is 4.65. The van der Waals surface area contributed by atoms with Gasteiger partial charge in [0, 0.05) is 5.56 Å². The highest BCUT2D eigenvalue weighted by Crippen LogP contribution is 2.35. The van der Waals surface area contributed by atoms with Crippen molar-refractivity contribution in [1.29, 1.82) is 0 Å². The number of hydrogen-bond acceptors (Lipinski definition) is 5. The zero-order chi connectivity index (χ0) is 26.0. The van der Waals surface area contributed by atoms with E-state index in [0.717, 1.165) is 22.4 Å². The molecule has 0 saturated carbocycles. The number of rotatable bonds is 7. The molecule has 0 saturated heterocycles. The summed E-state index contributed by atoms with van der Waals surface area (Å²) in [5.74, 6) is 1.85. The van der Waals surface area contributed by atoms with Gasteiger partial charge in [0.25, 0.3) is 5.56 Å². The Morgan fingerprint density at radius 1 is 1.11 bits per heavy atom. The minimum absolute atomic E-state index is 0.205. The van der Waals surface area contributed by atoms with E-state index in [-0.39, 0.29) is 11.5 Å². The Labute approximate surface area is 220 Å². The van der Waals surface area contributed by atoms with Crippen molar-refractivity contribution in [3.8, 4) is 22.9 Å². The first-order valence-electron chi connectivity index (χ1n) is 11.6. The first kappa shape index (κ1) is 25.7. The standard InChI is InChI=1S/C28H27Cl2N3O3/c1-6-36-26-22(29)12-18(13-23(26)30)15-31-33-27(32-24-10-8-7-9-19(24)28(33)34)21-14-20(16(2)3)25(35-5)11-17(21)4/h7-16H,6H2,1-5H3. The average molecular weight is 524 g/mol. The van der Waals surface area contributed by atoms with E-state index in [1.807, 2.05) is 38.1 Å². The highest BCUT2D eigenvalue weighted by Gasteiger charge is 2.18. The molecule has 8 heteroatoms. The lowest BCUT2D eigenvalue weighted by atomic mass is 9.96. The zero-order valence-electron chi connectivity index (χ0n) is 20.8. The minimum Gasteiger partial charge on any atom is -0.496 e. The van der Waals surface area contributed by atoms with Crippen LogP contribution in [0.2, 0.25) is 10.0 Å². The van der Waals surface area contributed by atoms with Gasteiger partial charge in [0.05, 0.1) is 40.9 Å². The van der Waals surface area contributed by atoms with Gasteiger partial charge in [-0.05, 0) is 72.9 Å². The Kier molecular flexibility index (Phi) is 7.67. The van der Waals surface area contributed by atoms with Crippen molar-refractivity contribution < 1.29 is 9.47 Å². The maximum absolute atomic E-state index is 13.6. The molecule has 0 radical (unpaired) electrons. The fourth-order valence-electron chi connectivity index (χ4n) is 4.03. The van der Waals surface area contributed by atoms with Crippen LogP contribution in [0.25, 0.3) is 22.3 Å².